The molecule has 2 atom stereocenters. The van der Waals surface area contributed by atoms with Crippen LogP contribution >= 0.6 is 0 Å². The molecule has 1 fully saturated rings. The summed E-state index contributed by atoms with van der Waals surface area (Å²) in [5.74, 6) is -0.876. The second-order valence-corrected chi connectivity index (χ2v) is 4.59. The third-order valence-corrected chi connectivity index (χ3v) is 3.22. The van der Waals surface area contributed by atoms with E-state index in [0.29, 0.717) is 19.7 Å². The predicted octanol–water partition coefficient (Wildman–Crippen LogP) is 0.297. The highest BCUT2D eigenvalue weighted by Gasteiger charge is 2.30. The average molecular weight is 274 g/mol. The van der Waals surface area contributed by atoms with Gasteiger partial charge in [-0.3, -0.25) is 4.79 Å². The summed E-state index contributed by atoms with van der Waals surface area (Å²) in [5.41, 5.74) is 0. The standard InChI is InChI=1S/C12H22N2O5/c1-18-8-10(19-2)7-13-12(17)14-5-3-4-9(14)6-11(15)16/h9-10H,3-8H2,1-2H3,(H,13,17)(H,15,16). The molecule has 1 heterocycles. The van der Waals surface area contributed by atoms with Gasteiger partial charge < -0.3 is 24.8 Å². The highest BCUT2D eigenvalue weighted by molar-refractivity contribution is 5.76. The maximum atomic E-state index is 12.0. The van der Waals surface area contributed by atoms with Crippen LogP contribution in [0.4, 0.5) is 4.79 Å². The molecule has 0 aromatic carbocycles. The van der Waals surface area contributed by atoms with Gasteiger partial charge in [0.2, 0.25) is 0 Å². The number of carboxylic acids is 1. The number of amides is 2. The first-order chi connectivity index (χ1) is 9.08. The highest BCUT2D eigenvalue weighted by Crippen LogP contribution is 2.19. The number of ether oxygens (including phenoxy) is 2. The lowest BCUT2D eigenvalue weighted by Gasteiger charge is -2.25. The third kappa shape index (κ3) is 5.04. The summed E-state index contributed by atoms with van der Waals surface area (Å²) in [7, 11) is 3.12. The van der Waals surface area contributed by atoms with Crippen LogP contribution < -0.4 is 5.32 Å². The fraction of sp³-hybridized carbons (Fsp3) is 0.833. The summed E-state index contributed by atoms with van der Waals surface area (Å²) in [6, 6.07) is -0.442. The Balaban J connectivity index is 2.41. The van der Waals surface area contributed by atoms with E-state index in [-0.39, 0.29) is 24.6 Å². The van der Waals surface area contributed by atoms with Gasteiger partial charge in [-0.05, 0) is 12.8 Å². The lowest BCUT2D eigenvalue weighted by atomic mass is 10.1. The number of nitrogens with one attached hydrogen (secondary N) is 1. The molecular formula is C12H22N2O5. The Kier molecular flexibility index (Phi) is 6.58. The fourth-order valence-electron chi connectivity index (χ4n) is 2.22. The molecule has 0 aromatic heterocycles. The lowest BCUT2D eigenvalue weighted by Crippen LogP contribution is -2.46. The summed E-state index contributed by atoms with van der Waals surface area (Å²) >= 11 is 0. The van der Waals surface area contributed by atoms with E-state index in [4.69, 9.17) is 14.6 Å². The molecule has 110 valence electrons. The monoisotopic (exact) mass is 274 g/mol. The molecule has 0 bridgehead atoms. The van der Waals surface area contributed by atoms with E-state index in [1.54, 1.807) is 19.1 Å². The SMILES string of the molecule is COCC(CNC(=O)N1CCCC1CC(=O)O)OC. The van der Waals surface area contributed by atoms with Crippen molar-refractivity contribution in [1.29, 1.82) is 0 Å². The number of urea groups is 1. The highest BCUT2D eigenvalue weighted by atomic mass is 16.5. The van der Waals surface area contributed by atoms with E-state index in [1.807, 2.05) is 0 Å². The average Bonchev–Trinajstić information content (AvgIpc) is 2.81. The Labute approximate surface area is 112 Å². The number of hydrogen-bond acceptors (Lipinski definition) is 4. The third-order valence-electron chi connectivity index (χ3n) is 3.22. The van der Waals surface area contributed by atoms with Gasteiger partial charge in [0, 0.05) is 33.4 Å². The van der Waals surface area contributed by atoms with Crippen molar-refractivity contribution in [1.82, 2.24) is 10.2 Å². The largest absolute Gasteiger partial charge is 0.481 e. The summed E-state index contributed by atoms with van der Waals surface area (Å²) in [5, 5.41) is 11.6. The molecule has 2 N–H and O–H groups in total. The van der Waals surface area contributed by atoms with Gasteiger partial charge in [-0.15, -0.1) is 0 Å². The molecule has 2 amide bonds. The maximum Gasteiger partial charge on any atom is 0.317 e. The van der Waals surface area contributed by atoms with Gasteiger partial charge in [-0.25, -0.2) is 4.79 Å². The fourth-order valence-corrected chi connectivity index (χ4v) is 2.22. The molecule has 7 nitrogen and oxygen atoms in total. The van der Waals surface area contributed by atoms with Crippen molar-refractivity contribution in [3.8, 4) is 0 Å². The van der Waals surface area contributed by atoms with Crippen LogP contribution in [0.1, 0.15) is 19.3 Å². The van der Waals surface area contributed by atoms with Gasteiger partial charge in [-0.1, -0.05) is 0 Å². The first-order valence-corrected chi connectivity index (χ1v) is 6.36. The maximum absolute atomic E-state index is 12.0. The van der Waals surface area contributed by atoms with Crippen molar-refractivity contribution >= 4 is 12.0 Å². The Bertz CT molecular complexity index is 310. The van der Waals surface area contributed by atoms with Crippen LogP contribution in [0.15, 0.2) is 0 Å². The van der Waals surface area contributed by atoms with E-state index < -0.39 is 5.97 Å². The smallest absolute Gasteiger partial charge is 0.317 e. The number of rotatable bonds is 7. The van der Waals surface area contributed by atoms with Crippen LogP contribution in [-0.4, -0.2) is 68.1 Å². The van der Waals surface area contributed by atoms with Gasteiger partial charge >= 0.3 is 12.0 Å². The Hall–Kier alpha value is -1.34. The summed E-state index contributed by atoms with van der Waals surface area (Å²) in [6.07, 6.45) is 1.39. The molecule has 0 aromatic rings. The number of carbonyl (C=O) groups excluding carboxylic acids is 1. The minimum Gasteiger partial charge on any atom is -0.481 e. The van der Waals surface area contributed by atoms with E-state index in [1.165, 1.54) is 0 Å². The van der Waals surface area contributed by atoms with Crippen molar-refractivity contribution in [3.05, 3.63) is 0 Å². The number of methoxy groups -OCH3 is 2. The van der Waals surface area contributed by atoms with Crippen molar-refractivity contribution in [2.24, 2.45) is 0 Å². The van der Waals surface area contributed by atoms with Gasteiger partial charge in [0.1, 0.15) is 0 Å². The molecule has 0 spiro atoms. The summed E-state index contributed by atoms with van der Waals surface area (Å²) in [4.78, 5) is 24.3. The van der Waals surface area contributed by atoms with Crippen LogP contribution in [0.25, 0.3) is 0 Å². The van der Waals surface area contributed by atoms with Crippen molar-refractivity contribution in [2.45, 2.75) is 31.4 Å². The van der Waals surface area contributed by atoms with E-state index in [0.717, 1.165) is 12.8 Å². The molecule has 0 aliphatic carbocycles. The van der Waals surface area contributed by atoms with Crippen molar-refractivity contribution in [3.63, 3.8) is 0 Å². The zero-order valence-corrected chi connectivity index (χ0v) is 11.4. The summed E-state index contributed by atoms with van der Waals surface area (Å²) in [6.45, 7) is 1.35. The molecule has 0 radical (unpaired) electrons. The van der Waals surface area contributed by atoms with Crippen molar-refractivity contribution in [2.75, 3.05) is 33.9 Å². The second-order valence-electron chi connectivity index (χ2n) is 4.59. The number of hydrogen-bond donors (Lipinski definition) is 2. The number of carboxylic acid groups (broad SMARTS) is 1. The second kappa shape index (κ2) is 7.96. The number of aliphatic carboxylic acids is 1. The molecular weight excluding hydrogens is 252 g/mol. The summed E-state index contributed by atoms with van der Waals surface area (Å²) < 4.78 is 10.1. The Morgan fingerprint density at radius 1 is 1.47 bits per heavy atom. The van der Waals surface area contributed by atoms with Crippen LogP contribution in [0.2, 0.25) is 0 Å². The van der Waals surface area contributed by atoms with E-state index in [2.05, 4.69) is 5.32 Å². The molecule has 7 heteroatoms. The first-order valence-electron chi connectivity index (χ1n) is 6.36. The molecule has 19 heavy (non-hydrogen) atoms. The predicted molar refractivity (Wildman–Crippen MR) is 68.1 cm³/mol. The number of nitrogens with zero attached hydrogens (tertiary/aromatic N) is 1. The zero-order chi connectivity index (χ0) is 14.3. The Morgan fingerprint density at radius 3 is 2.79 bits per heavy atom. The van der Waals surface area contributed by atoms with Crippen LogP contribution in [0, 0.1) is 0 Å². The van der Waals surface area contributed by atoms with Gasteiger partial charge in [0.15, 0.2) is 0 Å². The number of likely N-dealkylation sites (tertiary alicyclic amines) is 1. The number of carbonyl (C=O) groups is 2. The molecule has 1 rings (SSSR count). The molecule has 2 unspecified atom stereocenters. The first kappa shape index (κ1) is 15.7. The minimum atomic E-state index is -0.876. The van der Waals surface area contributed by atoms with Crippen molar-refractivity contribution < 1.29 is 24.2 Å². The van der Waals surface area contributed by atoms with Gasteiger partial charge in [-0.2, -0.15) is 0 Å². The van der Waals surface area contributed by atoms with Gasteiger partial charge in [0.25, 0.3) is 0 Å². The van der Waals surface area contributed by atoms with Gasteiger partial charge in [0.05, 0.1) is 19.1 Å². The van der Waals surface area contributed by atoms with E-state index in [9.17, 15) is 9.59 Å². The van der Waals surface area contributed by atoms with Crippen LogP contribution in [0.3, 0.4) is 0 Å². The van der Waals surface area contributed by atoms with E-state index >= 15 is 0 Å². The molecule has 0 saturated carbocycles. The quantitative estimate of drug-likeness (QED) is 0.697. The molecule has 1 aliphatic rings. The zero-order valence-electron chi connectivity index (χ0n) is 11.4. The molecule has 1 aliphatic heterocycles. The molecule has 1 saturated heterocycles. The minimum absolute atomic E-state index is 0.000796. The normalized spacial score (nSPS) is 20.3. The van der Waals surface area contributed by atoms with Crippen LogP contribution in [0.5, 0.6) is 0 Å². The Morgan fingerprint density at radius 2 is 2.21 bits per heavy atom. The topological polar surface area (TPSA) is 88.1 Å². The van der Waals surface area contributed by atoms with Crippen LogP contribution in [-0.2, 0) is 14.3 Å². The lowest BCUT2D eigenvalue weighted by molar-refractivity contribution is -0.137.